The minimum absolute atomic E-state index is 0.392. The van der Waals surface area contributed by atoms with Crippen LogP contribution in [0, 0.1) is 29.6 Å². The number of hydrogen-bond donors (Lipinski definition) is 2. The van der Waals surface area contributed by atoms with Crippen LogP contribution in [0.5, 0.6) is 0 Å². The first-order valence-electron chi connectivity index (χ1n) is 8.93. The Morgan fingerprint density at radius 2 is 1.81 bits per heavy atom. The summed E-state index contributed by atoms with van der Waals surface area (Å²) in [5.74, 6) is 11.6. The SMILES string of the molecule is NNC(c1cccc(C2CCC2)c1)C1C2C3CCC(C3)C21. The summed E-state index contributed by atoms with van der Waals surface area (Å²) in [5.41, 5.74) is 6.17. The monoisotopic (exact) mass is 282 g/mol. The second-order valence-corrected chi connectivity index (χ2v) is 8.01. The van der Waals surface area contributed by atoms with E-state index in [1.165, 1.54) is 44.1 Å². The minimum atomic E-state index is 0.392. The third kappa shape index (κ3) is 1.78. The maximum atomic E-state index is 5.98. The van der Waals surface area contributed by atoms with Crippen molar-refractivity contribution in [2.24, 2.45) is 35.4 Å². The molecule has 4 fully saturated rings. The molecule has 4 aliphatic rings. The van der Waals surface area contributed by atoms with Crippen LogP contribution in [0.3, 0.4) is 0 Å². The van der Waals surface area contributed by atoms with Crippen LogP contribution >= 0.6 is 0 Å². The Labute approximate surface area is 127 Å². The van der Waals surface area contributed by atoms with E-state index in [0.717, 1.165) is 35.5 Å². The summed E-state index contributed by atoms with van der Waals surface area (Å²) in [4.78, 5) is 0. The standard InChI is InChI=1S/C19H26N2/c20-21-19(18-16-13-7-8-14(10-13)17(16)18)15-6-2-5-12(9-15)11-3-1-4-11/h2,5-6,9,11,13-14,16-19,21H,1,3-4,7-8,10,20H2. The lowest BCUT2D eigenvalue weighted by Crippen LogP contribution is -2.31. The van der Waals surface area contributed by atoms with E-state index in [4.69, 9.17) is 5.84 Å². The Morgan fingerprint density at radius 3 is 2.43 bits per heavy atom. The molecule has 0 aliphatic heterocycles. The Balaban J connectivity index is 1.40. The molecule has 0 heterocycles. The van der Waals surface area contributed by atoms with Gasteiger partial charge in [-0.15, -0.1) is 0 Å². The highest BCUT2D eigenvalue weighted by molar-refractivity contribution is 5.32. The summed E-state index contributed by atoms with van der Waals surface area (Å²) in [7, 11) is 0. The van der Waals surface area contributed by atoms with Crippen molar-refractivity contribution in [2.75, 3.05) is 0 Å². The smallest absolute Gasteiger partial charge is 0.0493 e. The topological polar surface area (TPSA) is 38.0 Å². The van der Waals surface area contributed by atoms with Gasteiger partial charge in [0.05, 0.1) is 0 Å². The van der Waals surface area contributed by atoms with Gasteiger partial charge in [0.25, 0.3) is 0 Å². The van der Waals surface area contributed by atoms with Crippen LogP contribution in [-0.2, 0) is 0 Å². The van der Waals surface area contributed by atoms with E-state index < -0.39 is 0 Å². The van der Waals surface area contributed by atoms with E-state index in [9.17, 15) is 0 Å². The van der Waals surface area contributed by atoms with Gasteiger partial charge < -0.3 is 0 Å². The molecule has 5 rings (SSSR count). The zero-order valence-electron chi connectivity index (χ0n) is 12.7. The summed E-state index contributed by atoms with van der Waals surface area (Å²) in [6, 6.07) is 9.70. The van der Waals surface area contributed by atoms with Crippen LogP contribution < -0.4 is 11.3 Å². The van der Waals surface area contributed by atoms with Gasteiger partial charge >= 0.3 is 0 Å². The van der Waals surface area contributed by atoms with Gasteiger partial charge in [0.1, 0.15) is 0 Å². The van der Waals surface area contributed by atoms with E-state index in [1.807, 2.05) is 0 Å². The quantitative estimate of drug-likeness (QED) is 0.652. The molecule has 3 N–H and O–H groups in total. The van der Waals surface area contributed by atoms with Crippen molar-refractivity contribution >= 4 is 0 Å². The van der Waals surface area contributed by atoms with E-state index >= 15 is 0 Å². The van der Waals surface area contributed by atoms with Crippen LogP contribution in [0.2, 0.25) is 0 Å². The molecule has 0 saturated heterocycles. The van der Waals surface area contributed by atoms with Crippen molar-refractivity contribution in [2.45, 2.75) is 50.5 Å². The molecule has 0 aromatic heterocycles. The first-order valence-corrected chi connectivity index (χ1v) is 8.93. The Bertz CT molecular complexity index is 534. The highest BCUT2D eigenvalue weighted by atomic mass is 15.2. The number of benzene rings is 1. The minimum Gasteiger partial charge on any atom is -0.271 e. The van der Waals surface area contributed by atoms with Crippen LogP contribution in [-0.4, -0.2) is 0 Å². The van der Waals surface area contributed by atoms with Crippen LogP contribution in [0.1, 0.15) is 61.6 Å². The number of hydrogen-bond acceptors (Lipinski definition) is 2. The maximum Gasteiger partial charge on any atom is 0.0493 e. The third-order valence-electron chi connectivity index (χ3n) is 7.21. The van der Waals surface area contributed by atoms with Crippen molar-refractivity contribution in [1.29, 1.82) is 0 Å². The summed E-state index contributed by atoms with van der Waals surface area (Å²) in [5, 5.41) is 0. The Hall–Kier alpha value is -0.860. The van der Waals surface area contributed by atoms with Gasteiger partial charge in [0.2, 0.25) is 0 Å². The van der Waals surface area contributed by atoms with Crippen molar-refractivity contribution in [3.05, 3.63) is 35.4 Å². The van der Waals surface area contributed by atoms with E-state index in [0.29, 0.717) is 6.04 Å². The van der Waals surface area contributed by atoms with Crippen LogP contribution in [0.4, 0.5) is 0 Å². The van der Waals surface area contributed by atoms with E-state index in [2.05, 4.69) is 29.7 Å². The molecule has 1 aromatic carbocycles. The Kier molecular flexibility index (Phi) is 2.75. The fourth-order valence-corrected chi connectivity index (χ4v) is 6.02. The summed E-state index contributed by atoms with van der Waals surface area (Å²) in [6.07, 6.45) is 8.66. The average Bonchev–Trinajstić information content (AvgIpc) is 2.87. The molecule has 0 amide bonds. The largest absolute Gasteiger partial charge is 0.271 e. The zero-order chi connectivity index (χ0) is 14.0. The molecule has 5 unspecified atom stereocenters. The maximum absolute atomic E-state index is 5.98. The molecule has 112 valence electrons. The summed E-state index contributed by atoms with van der Waals surface area (Å²) in [6.45, 7) is 0. The number of fused-ring (bicyclic) bond motifs is 5. The molecule has 5 atom stereocenters. The average molecular weight is 282 g/mol. The lowest BCUT2D eigenvalue weighted by atomic mass is 9.79. The molecule has 0 spiro atoms. The number of nitrogens with two attached hydrogens (primary N) is 1. The molecule has 4 aliphatic carbocycles. The number of hydrazine groups is 1. The van der Waals surface area contributed by atoms with E-state index in [-0.39, 0.29) is 0 Å². The van der Waals surface area contributed by atoms with Gasteiger partial charge in [-0.25, -0.2) is 0 Å². The molecule has 0 radical (unpaired) electrons. The van der Waals surface area contributed by atoms with Gasteiger partial charge in [0, 0.05) is 6.04 Å². The Morgan fingerprint density at radius 1 is 1.05 bits per heavy atom. The van der Waals surface area contributed by atoms with Gasteiger partial charge in [-0.2, -0.15) is 0 Å². The van der Waals surface area contributed by atoms with Gasteiger partial charge in [-0.05, 0) is 78.7 Å². The third-order valence-corrected chi connectivity index (χ3v) is 7.21. The van der Waals surface area contributed by atoms with Gasteiger partial charge in [0.15, 0.2) is 0 Å². The van der Waals surface area contributed by atoms with Crippen LogP contribution in [0.15, 0.2) is 24.3 Å². The van der Waals surface area contributed by atoms with Gasteiger partial charge in [-0.1, -0.05) is 30.7 Å². The van der Waals surface area contributed by atoms with E-state index in [1.54, 1.807) is 5.56 Å². The number of rotatable bonds is 4. The first kappa shape index (κ1) is 12.7. The first-order chi connectivity index (χ1) is 10.4. The molecular formula is C19H26N2. The second kappa shape index (κ2) is 4.57. The van der Waals surface area contributed by atoms with Crippen molar-refractivity contribution in [1.82, 2.24) is 5.43 Å². The summed E-state index contributed by atoms with van der Waals surface area (Å²) >= 11 is 0. The summed E-state index contributed by atoms with van der Waals surface area (Å²) < 4.78 is 0. The van der Waals surface area contributed by atoms with Crippen LogP contribution in [0.25, 0.3) is 0 Å². The molecule has 2 nitrogen and oxygen atoms in total. The molecule has 1 aromatic rings. The lowest BCUT2D eigenvalue weighted by molar-refractivity contribution is 0.372. The molecular weight excluding hydrogens is 256 g/mol. The zero-order valence-corrected chi connectivity index (χ0v) is 12.7. The number of nitrogens with one attached hydrogen (secondary N) is 1. The molecule has 4 saturated carbocycles. The van der Waals surface area contributed by atoms with Crippen molar-refractivity contribution in [3.63, 3.8) is 0 Å². The fourth-order valence-electron chi connectivity index (χ4n) is 6.02. The molecule has 2 bridgehead atoms. The normalized spacial score (nSPS) is 41.7. The second-order valence-electron chi connectivity index (χ2n) is 8.01. The fraction of sp³-hybridized carbons (Fsp3) is 0.684. The highest BCUT2D eigenvalue weighted by Crippen LogP contribution is 2.72. The molecule has 2 heteroatoms. The van der Waals surface area contributed by atoms with Crippen molar-refractivity contribution < 1.29 is 0 Å². The van der Waals surface area contributed by atoms with Gasteiger partial charge in [-0.3, -0.25) is 11.3 Å². The highest BCUT2D eigenvalue weighted by Gasteiger charge is 2.66. The predicted octanol–water partition coefficient (Wildman–Crippen LogP) is 3.75. The predicted molar refractivity (Wildman–Crippen MR) is 84.4 cm³/mol. The van der Waals surface area contributed by atoms with Crippen molar-refractivity contribution in [3.8, 4) is 0 Å². The molecule has 21 heavy (non-hydrogen) atoms. The lowest BCUT2D eigenvalue weighted by Gasteiger charge is -2.27.